The van der Waals surface area contributed by atoms with Gasteiger partial charge in [0.25, 0.3) is 5.91 Å². The average molecular weight is 414 g/mol. The Labute approximate surface area is 144 Å². The molecule has 1 aromatic rings. The van der Waals surface area contributed by atoms with E-state index in [1.807, 2.05) is 18.2 Å². The fourth-order valence-electron chi connectivity index (χ4n) is 2.33. The summed E-state index contributed by atoms with van der Waals surface area (Å²) in [6.45, 7) is 0.775. The molecule has 0 aliphatic heterocycles. The molecule has 5 heteroatoms. The van der Waals surface area contributed by atoms with Crippen LogP contribution in [0.15, 0.2) is 35.9 Å². The van der Waals surface area contributed by atoms with Crippen LogP contribution in [0.2, 0.25) is 0 Å². The summed E-state index contributed by atoms with van der Waals surface area (Å²) in [5.41, 5.74) is 2.15. The highest BCUT2D eigenvalue weighted by molar-refractivity contribution is 14.1. The van der Waals surface area contributed by atoms with Crippen molar-refractivity contribution < 1.29 is 4.79 Å². The number of halogens is 1. The number of benzene rings is 1. The third-order valence-electron chi connectivity index (χ3n) is 3.46. The highest BCUT2D eigenvalue weighted by atomic mass is 127. The van der Waals surface area contributed by atoms with Crippen molar-refractivity contribution >= 4 is 45.8 Å². The zero-order valence-electron chi connectivity index (χ0n) is 11.8. The van der Waals surface area contributed by atoms with E-state index < -0.39 is 0 Å². The van der Waals surface area contributed by atoms with E-state index in [1.165, 1.54) is 31.3 Å². The summed E-state index contributed by atoms with van der Waals surface area (Å²) in [6.07, 6.45) is 8.32. The largest absolute Gasteiger partial charge is 0.362 e. The van der Waals surface area contributed by atoms with E-state index in [2.05, 4.69) is 39.3 Å². The molecule has 3 nitrogen and oxygen atoms in total. The zero-order chi connectivity index (χ0) is 15.1. The van der Waals surface area contributed by atoms with Gasteiger partial charge in [0.2, 0.25) is 0 Å². The van der Waals surface area contributed by atoms with Crippen LogP contribution >= 0.6 is 34.8 Å². The summed E-state index contributed by atoms with van der Waals surface area (Å²) >= 11 is 7.32. The molecule has 1 amide bonds. The number of thiocarbonyl (C=S) groups is 1. The SMILES string of the molecule is O=C(NC(=S)NCCC1=CCCCC1)c1ccccc1I. The third-order valence-corrected chi connectivity index (χ3v) is 4.65. The summed E-state index contributed by atoms with van der Waals surface area (Å²) in [6, 6.07) is 7.46. The van der Waals surface area contributed by atoms with E-state index in [4.69, 9.17) is 12.2 Å². The first-order chi connectivity index (χ1) is 10.2. The van der Waals surface area contributed by atoms with Crippen molar-refractivity contribution in [1.82, 2.24) is 10.6 Å². The van der Waals surface area contributed by atoms with Crippen LogP contribution in [0.25, 0.3) is 0 Å². The molecule has 0 saturated heterocycles. The molecule has 0 heterocycles. The van der Waals surface area contributed by atoms with Gasteiger partial charge >= 0.3 is 0 Å². The van der Waals surface area contributed by atoms with Gasteiger partial charge in [-0.15, -0.1) is 0 Å². The molecule has 1 aliphatic carbocycles. The smallest absolute Gasteiger partial charge is 0.258 e. The molecule has 2 rings (SSSR count). The maximum absolute atomic E-state index is 12.1. The molecule has 1 aliphatic rings. The number of nitrogens with one attached hydrogen (secondary N) is 2. The molecule has 0 aromatic heterocycles. The molecule has 112 valence electrons. The topological polar surface area (TPSA) is 41.1 Å². The Hall–Kier alpha value is -0.950. The highest BCUT2D eigenvalue weighted by Gasteiger charge is 2.10. The number of carbonyl (C=O) groups is 1. The van der Waals surface area contributed by atoms with Crippen LogP contribution in [0.1, 0.15) is 42.5 Å². The molecule has 0 fully saturated rings. The van der Waals surface area contributed by atoms with Crippen molar-refractivity contribution in [2.75, 3.05) is 6.54 Å². The fourth-order valence-corrected chi connectivity index (χ4v) is 3.16. The van der Waals surface area contributed by atoms with Crippen molar-refractivity contribution in [3.05, 3.63) is 45.0 Å². The zero-order valence-corrected chi connectivity index (χ0v) is 14.8. The van der Waals surface area contributed by atoms with Crippen molar-refractivity contribution in [1.29, 1.82) is 0 Å². The second-order valence-corrected chi connectivity index (χ2v) is 6.62. The maximum Gasteiger partial charge on any atom is 0.258 e. The van der Waals surface area contributed by atoms with E-state index in [-0.39, 0.29) is 5.91 Å². The molecule has 0 spiro atoms. The second-order valence-electron chi connectivity index (χ2n) is 5.05. The minimum atomic E-state index is -0.158. The van der Waals surface area contributed by atoms with Crippen molar-refractivity contribution in [3.8, 4) is 0 Å². The van der Waals surface area contributed by atoms with Crippen LogP contribution in [-0.2, 0) is 0 Å². The molecule has 21 heavy (non-hydrogen) atoms. The van der Waals surface area contributed by atoms with Crippen LogP contribution in [0, 0.1) is 3.57 Å². The van der Waals surface area contributed by atoms with Gasteiger partial charge in [-0.1, -0.05) is 23.8 Å². The van der Waals surface area contributed by atoms with E-state index in [0.29, 0.717) is 10.7 Å². The first kappa shape index (κ1) is 16.4. The standard InChI is InChI=1S/C16H19IN2OS/c17-14-9-5-4-8-13(14)15(20)19-16(21)18-11-10-12-6-2-1-3-7-12/h4-6,8-9H,1-3,7,10-11H2,(H2,18,19,20,21). The van der Waals surface area contributed by atoms with E-state index >= 15 is 0 Å². The number of rotatable bonds is 4. The second kappa shape index (κ2) is 8.48. The average Bonchev–Trinajstić information content (AvgIpc) is 2.48. The molecule has 0 saturated carbocycles. The molecular formula is C16H19IN2OS. The Bertz CT molecular complexity index is 557. The van der Waals surface area contributed by atoms with E-state index in [9.17, 15) is 4.79 Å². The number of carbonyl (C=O) groups excluding carboxylic acids is 1. The van der Waals surface area contributed by atoms with Crippen molar-refractivity contribution in [2.45, 2.75) is 32.1 Å². The van der Waals surface area contributed by atoms with Gasteiger partial charge in [0.15, 0.2) is 5.11 Å². The van der Waals surface area contributed by atoms with Crippen LogP contribution in [0.5, 0.6) is 0 Å². The summed E-state index contributed by atoms with van der Waals surface area (Å²) in [5.74, 6) is -0.158. The van der Waals surface area contributed by atoms with Gasteiger partial charge in [0.1, 0.15) is 0 Å². The fraction of sp³-hybridized carbons (Fsp3) is 0.375. The number of hydrogen-bond acceptors (Lipinski definition) is 2. The molecule has 1 aromatic carbocycles. The summed E-state index contributed by atoms with van der Waals surface area (Å²) < 4.78 is 0.919. The lowest BCUT2D eigenvalue weighted by Crippen LogP contribution is -2.40. The van der Waals surface area contributed by atoms with Gasteiger partial charge in [0, 0.05) is 10.1 Å². The van der Waals surface area contributed by atoms with Gasteiger partial charge < -0.3 is 5.32 Å². The van der Waals surface area contributed by atoms with Gasteiger partial charge in [0.05, 0.1) is 5.56 Å². The molecule has 0 radical (unpaired) electrons. The molecule has 0 atom stereocenters. The maximum atomic E-state index is 12.1. The Morgan fingerprint density at radius 3 is 2.81 bits per heavy atom. The van der Waals surface area contributed by atoms with E-state index in [0.717, 1.165) is 16.5 Å². The Kier molecular flexibility index (Phi) is 6.63. The first-order valence-corrected chi connectivity index (χ1v) is 8.67. The lowest BCUT2D eigenvalue weighted by Gasteiger charge is -2.14. The summed E-state index contributed by atoms with van der Waals surface area (Å²) in [7, 11) is 0. The van der Waals surface area contributed by atoms with Gasteiger partial charge in [-0.2, -0.15) is 0 Å². The Morgan fingerprint density at radius 2 is 2.10 bits per heavy atom. The van der Waals surface area contributed by atoms with Gasteiger partial charge in [-0.3, -0.25) is 10.1 Å². The minimum Gasteiger partial charge on any atom is -0.362 e. The minimum absolute atomic E-state index is 0.158. The van der Waals surface area contributed by atoms with Crippen LogP contribution in [0.4, 0.5) is 0 Å². The lowest BCUT2D eigenvalue weighted by molar-refractivity contribution is 0.0976. The quantitative estimate of drug-likeness (QED) is 0.448. The number of amides is 1. The number of hydrogen-bond donors (Lipinski definition) is 2. The normalized spacial score (nSPS) is 14.2. The summed E-state index contributed by atoms with van der Waals surface area (Å²) in [5, 5.41) is 6.24. The molecule has 0 bridgehead atoms. The molecular weight excluding hydrogens is 395 g/mol. The van der Waals surface area contributed by atoms with Gasteiger partial charge in [-0.25, -0.2) is 0 Å². The lowest BCUT2D eigenvalue weighted by atomic mass is 9.97. The van der Waals surface area contributed by atoms with Crippen LogP contribution in [0.3, 0.4) is 0 Å². The van der Waals surface area contributed by atoms with Crippen molar-refractivity contribution in [2.24, 2.45) is 0 Å². The summed E-state index contributed by atoms with van der Waals surface area (Å²) in [4.78, 5) is 12.1. The Morgan fingerprint density at radius 1 is 1.29 bits per heavy atom. The third kappa shape index (κ3) is 5.39. The van der Waals surface area contributed by atoms with Crippen molar-refractivity contribution in [3.63, 3.8) is 0 Å². The monoisotopic (exact) mass is 414 g/mol. The molecule has 0 unspecified atom stereocenters. The van der Waals surface area contributed by atoms with Gasteiger partial charge in [-0.05, 0) is 79.0 Å². The Balaban J connectivity index is 1.75. The number of allylic oxidation sites excluding steroid dienone is 1. The van der Waals surface area contributed by atoms with Crippen LogP contribution < -0.4 is 10.6 Å². The predicted molar refractivity (Wildman–Crippen MR) is 98.4 cm³/mol. The highest BCUT2D eigenvalue weighted by Crippen LogP contribution is 2.19. The first-order valence-electron chi connectivity index (χ1n) is 7.18. The van der Waals surface area contributed by atoms with Crippen LogP contribution in [-0.4, -0.2) is 17.6 Å². The predicted octanol–water partition coefficient (Wildman–Crippen LogP) is 3.79. The van der Waals surface area contributed by atoms with E-state index in [1.54, 1.807) is 6.07 Å². The molecule has 2 N–H and O–H groups in total.